The summed E-state index contributed by atoms with van der Waals surface area (Å²) in [6.45, 7) is 6.41. The van der Waals surface area contributed by atoms with Crippen LogP contribution in [-0.2, 0) is 9.59 Å². The fourth-order valence-corrected chi connectivity index (χ4v) is 2.53. The van der Waals surface area contributed by atoms with Gasteiger partial charge in [0, 0.05) is 23.5 Å². The van der Waals surface area contributed by atoms with Crippen LogP contribution in [0.2, 0.25) is 5.02 Å². The molecule has 1 atom stereocenters. The second-order valence-electron chi connectivity index (χ2n) is 6.39. The summed E-state index contributed by atoms with van der Waals surface area (Å²) in [6.07, 6.45) is 0.337. The average molecular weight is 325 g/mol. The molecule has 1 saturated heterocycles. The molecular weight excluding hydrogens is 304 g/mol. The first-order valence-electron chi connectivity index (χ1n) is 7.24. The number of hydrogen-bond donors (Lipinski definition) is 1. The van der Waals surface area contributed by atoms with Gasteiger partial charge in [-0.3, -0.25) is 9.59 Å². The van der Waals surface area contributed by atoms with Gasteiger partial charge in [-0.25, -0.2) is 0 Å². The van der Waals surface area contributed by atoms with Crippen LogP contribution in [0.5, 0.6) is 5.75 Å². The molecule has 2 amide bonds. The van der Waals surface area contributed by atoms with Gasteiger partial charge < -0.3 is 15.0 Å². The molecule has 1 heterocycles. The highest BCUT2D eigenvalue weighted by Gasteiger charge is 2.36. The number of carbonyl (C=O) groups is 2. The van der Waals surface area contributed by atoms with Gasteiger partial charge in [0.1, 0.15) is 5.75 Å². The Balaban J connectivity index is 1.80. The number of rotatable bonds is 4. The Bertz CT molecular complexity index is 552. The number of likely N-dealkylation sites (tertiary alicyclic amines) is 1. The maximum Gasteiger partial charge on any atom is 0.258 e. The van der Waals surface area contributed by atoms with Gasteiger partial charge in [0.25, 0.3) is 5.91 Å². The minimum atomic E-state index is -0.233. The van der Waals surface area contributed by atoms with Crippen LogP contribution in [0.25, 0.3) is 0 Å². The summed E-state index contributed by atoms with van der Waals surface area (Å²) in [5, 5.41) is 3.45. The summed E-state index contributed by atoms with van der Waals surface area (Å²) >= 11 is 5.78. The Hall–Kier alpha value is -1.75. The maximum absolute atomic E-state index is 12.0. The summed E-state index contributed by atoms with van der Waals surface area (Å²) in [5.41, 5.74) is -0.226. The average Bonchev–Trinajstić information content (AvgIpc) is 2.79. The molecule has 5 nitrogen and oxygen atoms in total. The lowest BCUT2D eigenvalue weighted by Crippen LogP contribution is -2.45. The van der Waals surface area contributed by atoms with Crippen molar-refractivity contribution >= 4 is 23.4 Å². The SMILES string of the molecule is CC(C)(C)N1CC(NC(=O)COc2ccc(Cl)cc2)CC1=O. The number of nitrogens with zero attached hydrogens (tertiary/aromatic N) is 1. The molecule has 0 aliphatic carbocycles. The lowest BCUT2D eigenvalue weighted by atomic mass is 10.1. The van der Waals surface area contributed by atoms with Gasteiger partial charge in [-0.1, -0.05) is 11.6 Å². The molecule has 22 heavy (non-hydrogen) atoms. The number of carbonyl (C=O) groups excluding carboxylic acids is 2. The second kappa shape index (κ2) is 6.57. The molecule has 0 radical (unpaired) electrons. The molecule has 1 aromatic carbocycles. The molecule has 0 bridgehead atoms. The Kier molecular flexibility index (Phi) is 4.96. The van der Waals surface area contributed by atoms with Crippen LogP contribution in [0.15, 0.2) is 24.3 Å². The first-order chi connectivity index (χ1) is 10.3. The van der Waals surface area contributed by atoms with Gasteiger partial charge in [-0.05, 0) is 45.0 Å². The molecule has 1 N–H and O–H groups in total. The van der Waals surface area contributed by atoms with Crippen molar-refractivity contribution in [3.8, 4) is 5.75 Å². The fourth-order valence-electron chi connectivity index (χ4n) is 2.40. The van der Waals surface area contributed by atoms with E-state index in [9.17, 15) is 9.59 Å². The van der Waals surface area contributed by atoms with E-state index in [-0.39, 0.29) is 30.0 Å². The molecule has 1 unspecified atom stereocenters. The highest BCUT2D eigenvalue weighted by molar-refractivity contribution is 6.30. The van der Waals surface area contributed by atoms with Crippen molar-refractivity contribution in [3.05, 3.63) is 29.3 Å². The standard InChI is InChI=1S/C16H21ClN2O3/c1-16(2,3)19-9-12(8-15(19)21)18-14(20)10-22-13-6-4-11(17)5-7-13/h4-7,12H,8-10H2,1-3H3,(H,18,20). The van der Waals surface area contributed by atoms with Gasteiger partial charge in [0.15, 0.2) is 6.61 Å². The third kappa shape index (κ3) is 4.37. The van der Waals surface area contributed by atoms with Crippen molar-refractivity contribution in [1.29, 1.82) is 0 Å². The second-order valence-corrected chi connectivity index (χ2v) is 6.82. The predicted octanol–water partition coefficient (Wildman–Crippen LogP) is 2.23. The number of hydrogen-bond acceptors (Lipinski definition) is 3. The number of amides is 2. The minimum absolute atomic E-state index is 0.0661. The van der Waals surface area contributed by atoms with Gasteiger partial charge in [-0.15, -0.1) is 0 Å². The Morgan fingerprint density at radius 3 is 2.55 bits per heavy atom. The van der Waals surface area contributed by atoms with Crippen LogP contribution in [0.4, 0.5) is 0 Å². The van der Waals surface area contributed by atoms with E-state index in [2.05, 4.69) is 5.32 Å². The Morgan fingerprint density at radius 1 is 1.36 bits per heavy atom. The highest BCUT2D eigenvalue weighted by Crippen LogP contribution is 2.22. The molecule has 0 spiro atoms. The maximum atomic E-state index is 12.0. The molecule has 0 aromatic heterocycles. The van der Waals surface area contributed by atoms with Crippen LogP contribution in [0.3, 0.4) is 0 Å². The topological polar surface area (TPSA) is 58.6 Å². The summed E-state index contributed by atoms with van der Waals surface area (Å²) in [5.74, 6) is 0.415. The van der Waals surface area contributed by atoms with E-state index in [4.69, 9.17) is 16.3 Å². The quantitative estimate of drug-likeness (QED) is 0.924. The normalized spacial score (nSPS) is 18.5. The van der Waals surface area contributed by atoms with Crippen molar-refractivity contribution in [1.82, 2.24) is 10.2 Å². The van der Waals surface area contributed by atoms with E-state index in [1.54, 1.807) is 29.2 Å². The van der Waals surface area contributed by atoms with Crippen LogP contribution < -0.4 is 10.1 Å². The number of halogens is 1. The lowest BCUT2D eigenvalue weighted by Gasteiger charge is -2.32. The molecule has 1 aromatic rings. The molecule has 2 rings (SSSR count). The lowest BCUT2D eigenvalue weighted by molar-refractivity contribution is -0.131. The zero-order chi connectivity index (χ0) is 16.3. The largest absolute Gasteiger partial charge is 0.484 e. The molecular formula is C16H21ClN2O3. The first kappa shape index (κ1) is 16.6. The van der Waals surface area contributed by atoms with E-state index in [0.29, 0.717) is 23.7 Å². The van der Waals surface area contributed by atoms with E-state index >= 15 is 0 Å². The zero-order valence-corrected chi connectivity index (χ0v) is 13.8. The van der Waals surface area contributed by atoms with Crippen LogP contribution in [-0.4, -0.2) is 41.4 Å². The van der Waals surface area contributed by atoms with Crippen molar-refractivity contribution < 1.29 is 14.3 Å². The van der Waals surface area contributed by atoms with Crippen molar-refractivity contribution in [2.45, 2.75) is 38.8 Å². The number of ether oxygens (including phenoxy) is 1. The summed E-state index contributed by atoms with van der Waals surface area (Å²) in [7, 11) is 0. The fraction of sp³-hybridized carbons (Fsp3) is 0.500. The van der Waals surface area contributed by atoms with E-state index in [1.165, 1.54) is 0 Å². The first-order valence-corrected chi connectivity index (χ1v) is 7.62. The zero-order valence-electron chi connectivity index (χ0n) is 13.1. The van der Waals surface area contributed by atoms with Crippen molar-refractivity contribution in [3.63, 3.8) is 0 Å². The van der Waals surface area contributed by atoms with Gasteiger partial charge in [-0.2, -0.15) is 0 Å². The third-order valence-electron chi connectivity index (χ3n) is 3.48. The molecule has 1 aliphatic rings. The Morgan fingerprint density at radius 2 is 2.00 bits per heavy atom. The third-order valence-corrected chi connectivity index (χ3v) is 3.74. The van der Waals surface area contributed by atoms with Crippen molar-refractivity contribution in [2.75, 3.05) is 13.2 Å². The van der Waals surface area contributed by atoms with E-state index < -0.39 is 0 Å². The minimum Gasteiger partial charge on any atom is -0.484 e. The van der Waals surface area contributed by atoms with E-state index in [0.717, 1.165) is 0 Å². The summed E-state index contributed by atoms with van der Waals surface area (Å²) < 4.78 is 5.38. The van der Waals surface area contributed by atoms with Gasteiger partial charge >= 0.3 is 0 Å². The van der Waals surface area contributed by atoms with Gasteiger partial charge in [0.05, 0.1) is 6.04 Å². The molecule has 1 aliphatic heterocycles. The predicted molar refractivity (Wildman–Crippen MR) is 85.0 cm³/mol. The van der Waals surface area contributed by atoms with Crippen molar-refractivity contribution in [2.24, 2.45) is 0 Å². The Labute approximate surface area is 135 Å². The van der Waals surface area contributed by atoms with Crippen LogP contribution in [0, 0.1) is 0 Å². The highest BCUT2D eigenvalue weighted by atomic mass is 35.5. The van der Waals surface area contributed by atoms with Gasteiger partial charge in [0.2, 0.25) is 5.91 Å². The summed E-state index contributed by atoms with van der Waals surface area (Å²) in [6, 6.07) is 6.65. The monoisotopic (exact) mass is 324 g/mol. The smallest absolute Gasteiger partial charge is 0.258 e. The molecule has 1 fully saturated rings. The van der Waals surface area contributed by atoms with Crippen LogP contribution in [0.1, 0.15) is 27.2 Å². The number of benzene rings is 1. The number of nitrogens with one attached hydrogen (secondary N) is 1. The molecule has 120 valence electrons. The van der Waals surface area contributed by atoms with Crippen LogP contribution >= 0.6 is 11.6 Å². The summed E-state index contributed by atoms with van der Waals surface area (Å²) in [4.78, 5) is 25.7. The molecule has 0 saturated carbocycles. The van der Waals surface area contributed by atoms with E-state index in [1.807, 2.05) is 20.8 Å². The molecule has 6 heteroatoms.